The lowest BCUT2D eigenvalue weighted by molar-refractivity contribution is 0.0200. The number of hydrogen-bond acceptors (Lipinski definition) is 4. The molecule has 1 aromatic heterocycles. The van der Waals surface area contributed by atoms with Crippen molar-refractivity contribution in [2.45, 2.75) is 63.6 Å². The summed E-state index contributed by atoms with van der Waals surface area (Å²) in [6, 6.07) is 2.34. The molecule has 3 heterocycles. The molecule has 5 nitrogen and oxygen atoms in total. The number of furan rings is 1. The van der Waals surface area contributed by atoms with Crippen LogP contribution in [-0.4, -0.2) is 35.7 Å². The van der Waals surface area contributed by atoms with Crippen LogP contribution in [0.15, 0.2) is 16.7 Å². The van der Waals surface area contributed by atoms with Gasteiger partial charge in [0.1, 0.15) is 11.4 Å². The SMILES string of the molecule is CC(C)(C)OC(=O)N1CC2CC1CC1(C2)NCCc2ccoc21. The molecule has 5 heteroatoms. The molecule has 1 saturated carbocycles. The molecule has 0 radical (unpaired) electrons. The summed E-state index contributed by atoms with van der Waals surface area (Å²) in [5.41, 5.74) is 0.790. The highest BCUT2D eigenvalue weighted by Gasteiger charge is 2.52. The molecule has 1 aliphatic carbocycles. The normalized spacial score (nSPS) is 32.9. The van der Waals surface area contributed by atoms with Crippen molar-refractivity contribution in [1.29, 1.82) is 0 Å². The minimum absolute atomic E-state index is 0.0958. The van der Waals surface area contributed by atoms with Crippen LogP contribution in [0.4, 0.5) is 4.79 Å². The van der Waals surface area contributed by atoms with Gasteiger partial charge in [-0.05, 0) is 64.0 Å². The van der Waals surface area contributed by atoms with Crippen molar-refractivity contribution in [3.63, 3.8) is 0 Å². The first-order valence-electron chi connectivity index (χ1n) is 8.68. The van der Waals surface area contributed by atoms with E-state index in [2.05, 4.69) is 11.4 Å². The number of nitrogens with zero attached hydrogens (tertiary/aromatic N) is 1. The maximum atomic E-state index is 12.5. The summed E-state index contributed by atoms with van der Waals surface area (Å²) in [7, 11) is 0. The first-order chi connectivity index (χ1) is 10.9. The fraction of sp³-hybridized carbons (Fsp3) is 0.722. The molecular formula is C18H26N2O3. The number of carbonyl (C=O) groups excluding carboxylic acids is 1. The summed E-state index contributed by atoms with van der Waals surface area (Å²) in [4.78, 5) is 14.5. The summed E-state index contributed by atoms with van der Waals surface area (Å²) in [5.74, 6) is 1.62. The third-order valence-electron chi connectivity index (χ3n) is 5.39. The summed E-state index contributed by atoms with van der Waals surface area (Å²) >= 11 is 0. The van der Waals surface area contributed by atoms with Crippen LogP contribution in [0, 0.1) is 5.92 Å². The third kappa shape index (κ3) is 2.55. The average Bonchev–Trinajstić information content (AvgIpc) is 3.03. The number of amides is 1. The molecular weight excluding hydrogens is 292 g/mol. The smallest absolute Gasteiger partial charge is 0.410 e. The molecule has 3 aliphatic rings. The van der Waals surface area contributed by atoms with Crippen LogP contribution in [0.1, 0.15) is 51.4 Å². The van der Waals surface area contributed by atoms with Crippen LogP contribution in [-0.2, 0) is 16.7 Å². The lowest BCUT2D eigenvalue weighted by Gasteiger charge is -2.43. The highest BCUT2D eigenvalue weighted by atomic mass is 16.6. The average molecular weight is 318 g/mol. The predicted molar refractivity (Wildman–Crippen MR) is 86.2 cm³/mol. The number of fused-ring (bicyclic) bond motifs is 4. The van der Waals surface area contributed by atoms with Crippen LogP contribution in [0.5, 0.6) is 0 Å². The topological polar surface area (TPSA) is 54.7 Å². The molecule has 23 heavy (non-hydrogen) atoms. The minimum Gasteiger partial charge on any atom is -0.467 e. The summed E-state index contributed by atoms with van der Waals surface area (Å²) in [5, 5.41) is 3.71. The second kappa shape index (κ2) is 5.00. The summed E-state index contributed by atoms with van der Waals surface area (Å²) in [6.45, 7) is 7.56. The van der Waals surface area contributed by atoms with E-state index in [9.17, 15) is 4.79 Å². The van der Waals surface area contributed by atoms with E-state index in [-0.39, 0.29) is 17.7 Å². The first kappa shape index (κ1) is 15.1. The van der Waals surface area contributed by atoms with E-state index in [0.717, 1.165) is 44.5 Å². The second-order valence-electron chi connectivity index (χ2n) is 8.33. The Morgan fingerprint density at radius 1 is 1.43 bits per heavy atom. The molecule has 2 fully saturated rings. The number of nitrogens with one attached hydrogen (secondary N) is 1. The molecule has 1 spiro atoms. The number of rotatable bonds is 0. The van der Waals surface area contributed by atoms with E-state index in [1.165, 1.54) is 5.56 Å². The highest BCUT2D eigenvalue weighted by Crippen LogP contribution is 2.48. The summed E-state index contributed by atoms with van der Waals surface area (Å²) < 4.78 is 11.5. The number of carbonyl (C=O) groups is 1. The molecule has 1 aromatic rings. The molecule has 1 saturated heterocycles. The van der Waals surface area contributed by atoms with Crippen LogP contribution < -0.4 is 5.32 Å². The van der Waals surface area contributed by atoms with Gasteiger partial charge in [-0.25, -0.2) is 4.79 Å². The fourth-order valence-electron chi connectivity index (χ4n) is 4.68. The van der Waals surface area contributed by atoms with Gasteiger partial charge in [0.15, 0.2) is 0 Å². The zero-order valence-corrected chi connectivity index (χ0v) is 14.2. The van der Waals surface area contributed by atoms with Crippen LogP contribution in [0.3, 0.4) is 0 Å². The standard InChI is InChI=1S/C18H26N2O3/c1-17(2,3)23-16(21)20-11-12-8-14(20)10-18(9-12)15-13(4-6-19-18)5-7-22-15/h5,7,12,14,19H,4,6,8-11H2,1-3H3. The highest BCUT2D eigenvalue weighted by molar-refractivity contribution is 5.69. The molecule has 1 N–H and O–H groups in total. The van der Waals surface area contributed by atoms with E-state index in [1.54, 1.807) is 0 Å². The molecule has 2 aliphatic heterocycles. The lowest BCUT2D eigenvalue weighted by Crippen LogP contribution is -2.52. The van der Waals surface area contributed by atoms with Crippen molar-refractivity contribution in [1.82, 2.24) is 10.2 Å². The van der Waals surface area contributed by atoms with Crippen LogP contribution in [0.2, 0.25) is 0 Å². The largest absolute Gasteiger partial charge is 0.467 e. The monoisotopic (exact) mass is 318 g/mol. The van der Waals surface area contributed by atoms with Crippen molar-refractivity contribution < 1.29 is 13.9 Å². The lowest BCUT2D eigenvalue weighted by atomic mass is 9.72. The van der Waals surface area contributed by atoms with Gasteiger partial charge in [0.05, 0.1) is 11.8 Å². The Balaban J connectivity index is 1.57. The zero-order valence-electron chi connectivity index (χ0n) is 14.2. The van der Waals surface area contributed by atoms with Gasteiger partial charge in [-0.3, -0.25) is 0 Å². The molecule has 1 amide bonds. The van der Waals surface area contributed by atoms with Gasteiger partial charge >= 0.3 is 6.09 Å². The van der Waals surface area contributed by atoms with E-state index in [1.807, 2.05) is 31.9 Å². The molecule has 4 rings (SSSR count). The first-order valence-corrected chi connectivity index (χ1v) is 8.68. The maximum absolute atomic E-state index is 12.5. The molecule has 3 atom stereocenters. The zero-order chi connectivity index (χ0) is 16.2. The Labute approximate surface area is 137 Å². The van der Waals surface area contributed by atoms with Crippen molar-refractivity contribution in [3.05, 3.63) is 23.7 Å². The van der Waals surface area contributed by atoms with Gasteiger partial charge in [0, 0.05) is 19.1 Å². The van der Waals surface area contributed by atoms with Crippen molar-refractivity contribution in [2.24, 2.45) is 5.92 Å². The summed E-state index contributed by atoms with van der Waals surface area (Å²) in [6.07, 6.45) is 5.71. The Hall–Kier alpha value is -1.49. The van der Waals surface area contributed by atoms with Gasteiger partial charge in [0.25, 0.3) is 0 Å². The van der Waals surface area contributed by atoms with Gasteiger partial charge in [0.2, 0.25) is 0 Å². The maximum Gasteiger partial charge on any atom is 0.410 e. The van der Waals surface area contributed by atoms with Crippen molar-refractivity contribution in [3.8, 4) is 0 Å². The number of ether oxygens (including phenoxy) is 1. The Morgan fingerprint density at radius 3 is 3.04 bits per heavy atom. The number of hydrogen-bond donors (Lipinski definition) is 1. The second-order valence-corrected chi connectivity index (χ2v) is 8.33. The van der Waals surface area contributed by atoms with Crippen LogP contribution in [0.25, 0.3) is 0 Å². The third-order valence-corrected chi connectivity index (χ3v) is 5.39. The van der Waals surface area contributed by atoms with E-state index < -0.39 is 5.60 Å². The van der Waals surface area contributed by atoms with Gasteiger partial charge in [-0.1, -0.05) is 0 Å². The fourth-order valence-corrected chi connectivity index (χ4v) is 4.68. The Kier molecular flexibility index (Phi) is 3.28. The predicted octanol–water partition coefficient (Wildman–Crippen LogP) is 3.04. The van der Waals surface area contributed by atoms with Crippen molar-refractivity contribution in [2.75, 3.05) is 13.1 Å². The van der Waals surface area contributed by atoms with Gasteiger partial charge < -0.3 is 19.4 Å². The quantitative estimate of drug-likeness (QED) is 0.799. The van der Waals surface area contributed by atoms with Crippen molar-refractivity contribution >= 4 is 6.09 Å². The molecule has 3 unspecified atom stereocenters. The van der Waals surface area contributed by atoms with Gasteiger partial charge in [-0.2, -0.15) is 0 Å². The van der Waals surface area contributed by atoms with E-state index in [0.29, 0.717) is 5.92 Å². The molecule has 126 valence electrons. The van der Waals surface area contributed by atoms with E-state index >= 15 is 0 Å². The molecule has 0 aromatic carbocycles. The molecule has 2 bridgehead atoms. The Morgan fingerprint density at radius 2 is 2.26 bits per heavy atom. The minimum atomic E-state index is -0.442. The number of likely N-dealkylation sites (tertiary alicyclic amines) is 1. The van der Waals surface area contributed by atoms with Crippen LogP contribution >= 0.6 is 0 Å². The van der Waals surface area contributed by atoms with E-state index in [4.69, 9.17) is 9.15 Å². The van der Waals surface area contributed by atoms with Gasteiger partial charge in [-0.15, -0.1) is 0 Å². The Bertz CT molecular complexity index is 618.